The number of nitrogens with zero attached hydrogens (tertiary/aromatic N) is 1. The maximum atomic E-state index is 10.7. The average molecular weight is 138 g/mol. The highest BCUT2D eigenvalue weighted by Crippen LogP contribution is 1.96. The predicted molar refractivity (Wildman–Crippen MR) is 36.3 cm³/mol. The number of hydrogen-bond donors (Lipinski definition) is 2. The van der Waals surface area contributed by atoms with Crippen LogP contribution in [-0.2, 0) is 4.79 Å². The van der Waals surface area contributed by atoms with E-state index in [1.54, 1.807) is 6.92 Å². The van der Waals surface area contributed by atoms with Gasteiger partial charge in [0.15, 0.2) is 5.82 Å². The van der Waals surface area contributed by atoms with Crippen molar-refractivity contribution in [1.82, 2.24) is 10.2 Å². The number of nitrogens with one attached hydrogen (secondary N) is 2. The summed E-state index contributed by atoms with van der Waals surface area (Å²) >= 11 is 0. The molecule has 0 aliphatic heterocycles. The van der Waals surface area contributed by atoms with Crippen molar-refractivity contribution in [3.63, 3.8) is 0 Å². The van der Waals surface area contributed by atoms with Gasteiger partial charge in [-0.15, -0.1) is 0 Å². The first-order valence-corrected chi connectivity index (χ1v) is 3.04. The Morgan fingerprint density at radius 3 is 3.30 bits per heavy atom. The van der Waals surface area contributed by atoms with Crippen LogP contribution in [0, 0.1) is 6.07 Å². The molecule has 1 amide bonds. The van der Waals surface area contributed by atoms with Gasteiger partial charge >= 0.3 is 0 Å². The Hall–Kier alpha value is -1.32. The van der Waals surface area contributed by atoms with E-state index in [1.165, 1.54) is 6.20 Å². The Kier molecular flexibility index (Phi) is 2.04. The molecule has 4 nitrogen and oxygen atoms in total. The summed E-state index contributed by atoms with van der Waals surface area (Å²) in [4.78, 5) is 10.7. The molecule has 0 unspecified atom stereocenters. The monoisotopic (exact) mass is 138 g/mol. The molecule has 0 aliphatic rings. The molecule has 0 saturated carbocycles. The minimum atomic E-state index is -0.0525. The molecule has 0 fully saturated rings. The van der Waals surface area contributed by atoms with Gasteiger partial charge in [-0.3, -0.25) is 9.89 Å². The molecule has 1 aromatic heterocycles. The largest absolute Gasteiger partial charge is 0.309 e. The van der Waals surface area contributed by atoms with Gasteiger partial charge in [-0.25, -0.2) is 0 Å². The van der Waals surface area contributed by atoms with Gasteiger partial charge in [-0.05, 0) is 0 Å². The van der Waals surface area contributed by atoms with Crippen LogP contribution in [-0.4, -0.2) is 16.1 Å². The van der Waals surface area contributed by atoms with E-state index in [1.807, 2.05) is 0 Å². The summed E-state index contributed by atoms with van der Waals surface area (Å²) in [7, 11) is 0. The van der Waals surface area contributed by atoms with Crippen molar-refractivity contribution >= 4 is 11.7 Å². The van der Waals surface area contributed by atoms with Gasteiger partial charge in [0.2, 0.25) is 5.91 Å². The SMILES string of the molecule is CCC(=O)Nc1[c]c[nH]n1. The van der Waals surface area contributed by atoms with Crippen LogP contribution in [0.3, 0.4) is 0 Å². The second-order valence-electron chi connectivity index (χ2n) is 1.78. The number of amides is 1. The number of carbonyl (C=O) groups is 1. The number of rotatable bonds is 2. The summed E-state index contributed by atoms with van der Waals surface area (Å²) in [5, 5.41) is 8.77. The fraction of sp³-hybridized carbons (Fsp3) is 0.333. The van der Waals surface area contributed by atoms with E-state index in [0.29, 0.717) is 12.2 Å². The van der Waals surface area contributed by atoms with Gasteiger partial charge in [-0.2, -0.15) is 5.10 Å². The molecule has 10 heavy (non-hydrogen) atoms. The molecule has 53 valence electrons. The average Bonchev–Trinajstić information content (AvgIpc) is 2.40. The Morgan fingerprint density at radius 2 is 2.80 bits per heavy atom. The molecule has 0 aromatic carbocycles. The van der Waals surface area contributed by atoms with Gasteiger partial charge in [0, 0.05) is 18.7 Å². The molecule has 0 spiro atoms. The molecular formula is C6H8N3O. The fourth-order valence-corrected chi connectivity index (χ4v) is 0.514. The molecule has 1 rings (SSSR count). The number of hydrogen-bond acceptors (Lipinski definition) is 2. The van der Waals surface area contributed by atoms with Crippen molar-refractivity contribution in [2.75, 3.05) is 5.32 Å². The zero-order chi connectivity index (χ0) is 7.40. The molecule has 0 saturated heterocycles. The first kappa shape index (κ1) is 6.80. The standard InChI is InChI=1S/C6H8N3O/c1-2-6(10)8-5-3-4-7-9-5/h4H,2H2,1H3,(H2,7,8,9,10). The summed E-state index contributed by atoms with van der Waals surface area (Å²) in [6.45, 7) is 1.78. The number of anilines is 1. The van der Waals surface area contributed by atoms with Crippen LogP contribution in [0.5, 0.6) is 0 Å². The third-order valence-electron chi connectivity index (χ3n) is 1.03. The van der Waals surface area contributed by atoms with Crippen LogP contribution >= 0.6 is 0 Å². The summed E-state index contributed by atoms with van der Waals surface area (Å²) in [6, 6.07) is 2.70. The lowest BCUT2D eigenvalue weighted by Crippen LogP contribution is -2.09. The fourth-order valence-electron chi connectivity index (χ4n) is 0.514. The van der Waals surface area contributed by atoms with Crippen LogP contribution in [0.4, 0.5) is 5.82 Å². The minimum Gasteiger partial charge on any atom is -0.309 e. The highest BCUT2D eigenvalue weighted by atomic mass is 16.1. The van der Waals surface area contributed by atoms with Crippen LogP contribution in [0.15, 0.2) is 6.20 Å². The normalized spacial score (nSPS) is 9.30. The lowest BCUT2D eigenvalue weighted by molar-refractivity contribution is -0.115. The van der Waals surface area contributed by atoms with Crippen molar-refractivity contribution in [3.8, 4) is 0 Å². The summed E-state index contributed by atoms with van der Waals surface area (Å²) < 4.78 is 0. The van der Waals surface area contributed by atoms with Crippen molar-refractivity contribution in [3.05, 3.63) is 12.3 Å². The zero-order valence-electron chi connectivity index (χ0n) is 5.64. The number of H-pyrrole nitrogens is 1. The van der Waals surface area contributed by atoms with Crippen LogP contribution in [0.1, 0.15) is 13.3 Å². The second-order valence-corrected chi connectivity index (χ2v) is 1.78. The van der Waals surface area contributed by atoms with Gasteiger partial charge < -0.3 is 5.32 Å². The first-order valence-electron chi connectivity index (χ1n) is 3.04. The molecule has 0 atom stereocenters. The third-order valence-corrected chi connectivity index (χ3v) is 1.03. The third kappa shape index (κ3) is 1.58. The molecular weight excluding hydrogens is 130 g/mol. The van der Waals surface area contributed by atoms with E-state index in [4.69, 9.17) is 0 Å². The molecule has 1 radical (unpaired) electrons. The van der Waals surface area contributed by atoms with E-state index >= 15 is 0 Å². The minimum absolute atomic E-state index is 0.0525. The van der Waals surface area contributed by atoms with E-state index in [9.17, 15) is 4.79 Å². The van der Waals surface area contributed by atoms with Gasteiger partial charge in [0.05, 0.1) is 0 Å². The number of carbonyl (C=O) groups excluding carboxylic acids is 1. The van der Waals surface area contributed by atoms with Crippen molar-refractivity contribution in [1.29, 1.82) is 0 Å². The van der Waals surface area contributed by atoms with Crippen LogP contribution in [0.25, 0.3) is 0 Å². The molecule has 1 aromatic rings. The van der Waals surface area contributed by atoms with Crippen LogP contribution < -0.4 is 5.32 Å². The van der Waals surface area contributed by atoms with Crippen LogP contribution in [0.2, 0.25) is 0 Å². The topological polar surface area (TPSA) is 57.8 Å². The molecule has 2 N–H and O–H groups in total. The Labute approximate surface area is 58.6 Å². The Morgan fingerprint density at radius 1 is 2.00 bits per heavy atom. The van der Waals surface area contributed by atoms with E-state index in [-0.39, 0.29) is 5.91 Å². The predicted octanol–water partition coefficient (Wildman–Crippen LogP) is 0.558. The lowest BCUT2D eigenvalue weighted by atomic mass is 10.4. The summed E-state index contributed by atoms with van der Waals surface area (Å²) in [5.41, 5.74) is 0. The van der Waals surface area contributed by atoms with E-state index < -0.39 is 0 Å². The molecule has 0 bridgehead atoms. The van der Waals surface area contributed by atoms with Crippen molar-refractivity contribution in [2.24, 2.45) is 0 Å². The van der Waals surface area contributed by atoms with Gasteiger partial charge in [0.25, 0.3) is 0 Å². The second kappa shape index (κ2) is 3.00. The van der Waals surface area contributed by atoms with E-state index in [2.05, 4.69) is 21.6 Å². The summed E-state index contributed by atoms with van der Waals surface area (Å²) in [5.74, 6) is 0.398. The Bertz CT molecular complexity index is 205. The van der Waals surface area contributed by atoms with Gasteiger partial charge in [0.1, 0.15) is 0 Å². The van der Waals surface area contributed by atoms with Crippen molar-refractivity contribution in [2.45, 2.75) is 13.3 Å². The summed E-state index contributed by atoms with van der Waals surface area (Å²) in [6.07, 6.45) is 1.99. The highest BCUT2D eigenvalue weighted by Gasteiger charge is 1.98. The zero-order valence-corrected chi connectivity index (χ0v) is 5.64. The maximum Gasteiger partial charge on any atom is 0.225 e. The highest BCUT2D eigenvalue weighted by molar-refractivity contribution is 5.89. The number of aromatic nitrogens is 2. The van der Waals surface area contributed by atoms with Gasteiger partial charge in [-0.1, -0.05) is 6.92 Å². The molecule has 1 heterocycles. The Balaban J connectivity index is 2.48. The smallest absolute Gasteiger partial charge is 0.225 e. The quantitative estimate of drug-likeness (QED) is 0.627. The van der Waals surface area contributed by atoms with Crippen molar-refractivity contribution < 1.29 is 4.79 Å². The maximum absolute atomic E-state index is 10.7. The molecule has 4 heteroatoms. The first-order chi connectivity index (χ1) is 4.83. The number of aromatic amines is 1. The lowest BCUT2D eigenvalue weighted by Gasteiger charge is -1.94. The molecule has 0 aliphatic carbocycles. The van der Waals surface area contributed by atoms with E-state index in [0.717, 1.165) is 0 Å².